The van der Waals surface area contributed by atoms with Gasteiger partial charge in [0.05, 0.1) is 12.1 Å². The molecule has 0 aliphatic carbocycles. The van der Waals surface area contributed by atoms with Crippen LogP contribution in [-0.4, -0.2) is 24.7 Å². The second-order valence-corrected chi connectivity index (χ2v) is 3.18. The number of carbonyl (C=O) groups is 1. The quantitative estimate of drug-likeness (QED) is 0.797. The van der Waals surface area contributed by atoms with E-state index in [0.717, 1.165) is 19.2 Å². The fourth-order valence-electron chi connectivity index (χ4n) is 1.13. The zero-order chi connectivity index (χ0) is 16.2. The third-order valence-corrected chi connectivity index (χ3v) is 1.93. The summed E-state index contributed by atoms with van der Waals surface area (Å²) in [6, 6.07) is 4.78. The number of nitrogens with one attached hydrogen (secondary N) is 1. The molecule has 0 heterocycles. The van der Waals surface area contributed by atoms with Crippen LogP contribution in [0.25, 0.3) is 0 Å². The minimum atomic E-state index is -4.37. The average molecular weight is 294 g/mol. The molecule has 0 radical (unpaired) electrons. The Hall–Kier alpha value is -1.60. The highest BCUT2D eigenvalue weighted by Crippen LogP contribution is 2.29. The van der Waals surface area contributed by atoms with Crippen LogP contribution in [0.3, 0.4) is 0 Å². The van der Waals surface area contributed by atoms with Gasteiger partial charge in [-0.3, -0.25) is 4.79 Å². The molecule has 0 aliphatic heterocycles. The number of amides is 1. The van der Waals surface area contributed by atoms with Gasteiger partial charge in [0.25, 0.3) is 0 Å². The molecule has 0 saturated heterocycles. The Morgan fingerprint density at radius 2 is 1.85 bits per heavy atom. The number of benzene rings is 1. The summed E-state index contributed by atoms with van der Waals surface area (Å²) in [7, 11) is 1.00. The molecule has 116 valence electrons. The van der Waals surface area contributed by atoms with E-state index in [4.69, 9.17) is 10.8 Å². The zero-order valence-electron chi connectivity index (χ0n) is 11.8. The van der Waals surface area contributed by atoms with Crippen LogP contribution in [0.1, 0.15) is 25.0 Å². The molecule has 1 aromatic carbocycles. The smallest absolute Gasteiger partial charge is 0.400 e. The van der Waals surface area contributed by atoms with E-state index in [2.05, 4.69) is 5.32 Å². The first-order valence-electron chi connectivity index (χ1n) is 6.01. The Kier molecular flexibility index (Phi) is 11.6. The lowest BCUT2D eigenvalue weighted by Gasteiger charge is -2.09. The number of carbonyl (C=O) groups excluding carboxylic acids is 1. The average Bonchev–Trinajstić information content (AvgIpc) is 2.48. The SMILES string of the molecule is CC.CO.NCC(=O)NCc1cccc(C(F)(F)F)c1. The summed E-state index contributed by atoms with van der Waals surface area (Å²) in [4.78, 5) is 10.8. The van der Waals surface area contributed by atoms with E-state index in [0.29, 0.717) is 5.56 Å². The lowest BCUT2D eigenvalue weighted by molar-refractivity contribution is -0.137. The monoisotopic (exact) mass is 294 g/mol. The Morgan fingerprint density at radius 1 is 1.30 bits per heavy atom. The summed E-state index contributed by atoms with van der Waals surface area (Å²) in [6.07, 6.45) is -4.37. The van der Waals surface area contributed by atoms with Gasteiger partial charge in [0, 0.05) is 13.7 Å². The third-order valence-electron chi connectivity index (χ3n) is 1.93. The van der Waals surface area contributed by atoms with Crippen LogP contribution in [-0.2, 0) is 17.5 Å². The number of aliphatic hydroxyl groups is 1. The summed E-state index contributed by atoms with van der Waals surface area (Å²) < 4.78 is 37.0. The molecule has 1 aromatic rings. The summed E-state index contributed by atoms with van der Waals surface area (Å²) in [5, 5.41) is 9.40. The Morgan fingerprint density at radius 3 is 2.30 bits per heavy atom. The molecule has 4 N–H and O–H groups in total. The van der Waals surface area contributed by atoms with Gasteiger partial charge in [-0.25, -0.2) is 0 Å². The second-order valence-electron chi connectivity index (χ2n) is 3.18. The molecule has 0 unspecified atom stereocenters. The van der Waals surface area contributed by atoms with Crippen molar-refractivity contribution < 1.29 is 23.1 Å². The second kappa shape index (κ2) is 11.2. The highest BCUT2D eigenvalue weighted by atomic mass is 19.4. The highest BCUT2D eigenvalue weighted by Gasteiger charge is 2.30. The van der Waals surface area contributed by atoms with E-state index in [9.17, 15) is 18.0 Å². The van der Waals surface area contributed by atoms with Crippen molar-refractivity contribution in [3.63, 3.8) is 0 Å². The van der Waals surface area contributed by atoms with Crippen molar-refractivity contribution in [3.05, 3.63) is 35.4 Å². The van der Waals surface area contributed by atoms with Crippen LogP contribution < -0.4 is 11.1 Å². The number of hydrogen-bond donors (Lipinski definition) is 3. The lowest BCUT2D eigenvalue weighted by Crippen LogP contribution is -2.29. The number of aliphatic hydroxyl groups excluding tert-OH is 1. The van der Waals surface area contributed by atoms with E-state index < -0.39 is 17.6 Å². The molecule has 0 spiro atoms. The van der Waals surface area contributed by atoms with Crippen LogP contribution >= 0.6 is 0 Å². The predicted octanol–water partition coefficient (Wildman–Crippen LogP) is 1.92. The van der Waals surface area contributed by atoms with Crippen LogP contribution in [0, 0.1) is 0 Å². The Labute approximate surface area is 116 Å². The number of alkyl halides is 3. The van der Waals surface area contributed by atoms with Gasteiger partial charge in [0.1, 0.15) is 0 Å². The molecule has 0 saturated carbocycles. The first kappa shape index (κ1) is 20.7. The number of hydrogen-bond acceptors (Lipinski definition) is 3. The molecule has 0 aromatic heterocycles. The van der Waals surface area contributed by atoms with Gasteiger partial charge >= 0.3 is 6.18 Å². The maximum absolute atomic E-state index is 12.3. The Balaban J connectivity index is 0. The number of nitrogens with two attached hydrogens (primary N) is 1. The van der Waals surface area contributed by atoms with Crippen molar-refractivity contribution >= 4 is 5.91 Å². The van der Waals surface area contributed by atoms with Gasteiger partial charge in [-0.1, -0.05) is 26.0 Å². The zero-order valence-corrected chi connectivity index (χ0v) is 11.8. The summed E-state index contributed by atoms with van der Waals surface area (Å²) in [6.45, 7) is 3.86. The van der Waals surface area contributed by atoms with E-state index in [-0.39, 0.29) is 13.1 Å². The molecule has 20 heavy (non-hydrogen) atoms. The third kappa shape index (κ3) is 8.49. The van der Waals surface area contributed by atoms with E-state index >= 15 is 0 Å². The van der Waals surface area contributed by atoms with Crippen LogP contribution in [0.4, 0.5) is 13.2 Å². The summed E-state index contributed by atoms with van der Waals surface area (Å²) in [5.41, 5.74) is 4.70. The van der Waals surface area contributed by atoms with Gasteiger partial charge in [-0.05, 0) is 17.7 Å². The van der Waals surface area contributed by atoms with Crippen molar-refractivity contribution in [1.29, 1.82) is 0 Å². The van der Waals surface area contributed by atoms with E-state index in [1.54, 1.807) is 0 Å². The molecule has 0 aliphatic rings. The van der Waals surface area contributed by atoms with E-state index in [1.807, 2.05) is 13.8 Å². The number of halogens is 3. The fraction of sp³-hybridized carbons (Fsp3) is 0.462. The van der Waals surface area contributed by atoms with Gasteiger partial charge in [0.15, 0.2) is 0 Å². The molecule has 1 rings (SSSR count). The molecule has 1 amide bonds. The molecule has 0 fully saturated rings. The van der Waals surface area contributed by atoms with Crippen LogP contribution in [0.15, 0.2) is 24.3 Å². The van der Waals surface area contributed by atoms with E-state index in [1.165, 1.54) is 12.1 Å². The maximum Gasteiger partial charge on any atom is 0.416 e. The maximum atomic E-state index is 12.3. The molecule has 0 atom stereocenters. The van der Waals surface area contributed by atoms with Gasteiger partial charge < -0.3 is 16.2 Å². The number of rotatable bonds is 3. The van der Waals surface area contributed by atoms with Gasteiger partial charge in [0.2, 0.25) is 5.91 Å². The largest absolute Gasteiger partial charge is 0.416 e. The van der Waals surface area contributed by atoms with Gasteiger partial charge in [-0.15, -0.1) is 0 Å². The minimum absolute atomic E-state index is 0.0416. The molecular formula is C13H21F3N2O2. The highest BCUT2D eigenvalue weighted by molar-refractivity contribution is 5.77. The molecule has 7 heteroatoms. The van der Waals surface area contributed by atoms with Crippen molar-refractivity contribution in [3.8, 4) is 0 Å². The summed E-state index contributed by atoms with van der Waals surface area (Å²) >= 11 is 0. The standard InChI is InChI=1S/C10H11F3N2O.C2H6.CH4O/c11-10(12,13)8-3-1-2-7(4-8)6-15-9(16)5-14;2*1-2/h1-4H,5-6,14H2,(H,15,16);1-2H3;2H,1H3. The van der Waals surface area contributed by atoms with Crippen molar-refractivity contribution in [1.82, 2.24) is 5.32 Å². The Bertz CT molecular complexity index is 382. The van der Waals surface area contributed by atoms with Crippen molar-refractivity contribution in [2.75, 3.05) is 13.7 Å². The van der Waals surface area contributed by atoms with Gasteiger partial charge in [-0.2, -0.15) is 13.2 Å². The lowest BCUT2D eigenvalue weighted by atomic mass is 10.1. The first-order chi connectivity index (χ1) is 9.43. The van der Waals surface area contributed by atoms with Crippen LogP contribution in [0.5, 0.6) is 0 Å². The molecule has 0 bridgehead atoms. The van der Waals surface area contributed by atoms with Crippen LogP contribution in [0.2, 0.25) is 0 Å². The topological polar surface area (TPSA) is 75.3 Å². The van der Waals surface area contributed by atoms with Crippen molar-refractivity contribution in [2.45, 2.75) is 26.6 Å². The predicted molar refractivity (Wildman–Crippen MR) is 71.8 cm³/mol. The minimum Gasteiger partial charge on any atom is -0.400 e. The normalized spacial score (nSPS) is 9.60. The fourth-order valence-corrected chi connectivity index (χ4v) is 1.13. The molecular weight excluding hydrogens is 273 g/mol. The summed E-state index contributed by atoms with van der Waals surface area (Å²) in [5.74, 6) is -0.405. The molecule has 4 nitrogen and oxygen atoms in total. The first-order valence-corrected chi connectivity index (χ1v) is 6.01. The van der Waals surface area contributed by atoms with Crippen molar-refractivity contribution in [2.24, 2.45) is 5.73 Å².